The SMILES string of the molecule is CN(C)CCN1C(=O)C(=O)/C(=C(/O)c2ccc3c(c2)OCCO3)[C@@H]1c1ccc(Cl)cc1. The maximum absolute atomic E-state index is 13.0. The first-order chi connectivity index (χ1) is 14.9. The number of ether oxygens (including phenoxy) is 2. The van der Waals surface area contributed by atoms with Crippen molar-refractivity contribution in [1.82, 2.24) is 9.80 Å². The third-order valence-electron chi connectivity index (χ3n) is 5.33. The molecule has 31 heavy (non-hydrogen) atoms. The quantitative estimate of drug-likeness (QED) is 0.435. The number of rotatable bonds is 5. The number of amides is 1. The van der Waals surface area contributed by atoms with Crippen LogP contribution in [0.2, 0.25) is 5.02 Å². The highest BCUT2D eigenvalue weighted by Gasteiger charge is 2.45. The van der Waals surface area contributed by atoms with E-state index in [9.17, 15) is 14.7 Å². The van der Waals surface area contributed by atoms with Crippen LogP contribution in [0.3, 0.4) is 0 Å². The second kappa shape index (κ2) is 8.61. The van der Waals surface area contributed by atoms with Crippen molar-refractivity contribution in [1.29, 1.82) is 0 Å². The molecule has 0 aliphatic carbocycles. The van der Waals surface area contributed by atoms with Crippen LogP contribution < -0.4 is 9.47 Å². The van der Waals surface area contributed by atoms with Gasteiger partial charge in [-0.25, -0.2) is 0 Å². The lowest BCUT2D eigenvalue weighted by Gasteiger charge is -2.26. The summed E-state index contributed by atoms with van der Waals surface area (Å²) in [6, 6.07) is 11.2. The molecule has 0 unspecified atom stereocenters. The monoisotopic (exact) mass is 442 g/mol. The van der Waals surface area contributed by atoms with E-state index >= 15 is 0 Å². The Labute approximate surface area is 185 Å². The molecular weight excluding hydrogens is 420 g/mol. The lowest BCUT2D eigenvalue weighted by Crippen LogP contribution is -2.35. The fourth-order valence-corrected chi connectivity index (χ4v) is 3.88. The van der Waals surface area contributed by atoms with Crippen LogP contribution in [0.1, 0.15) is 17.2 Å². The number of carbonyl (C=O) groups is 2. The standard InChI is InChI=1S/C23H23ClN2O5/c1-25(2)9-10-26-20(14-3-6-16(24)7-4-14)19(22(28)23(26)29)21(27)15-5-8-17-18(13-15)31-12-11-30-17/h3-8,13,20,27H,9-12H2,1-2H3/b21-19+/t20-/m0/s1. The van der Waals surface area contributed by atoms with Crippen LogP contribution in [0.25, 0.3) is 5.76 Å². The Bertz CT molecular complexity index is 1050. The lowest BCUT2D eigenvalue weighted by molar-refractivity contribution is -0.140. The number of likely N-dealkylation sites (tertiary alicyclic amines) is 1. The van der Waals surface area contributed by atoms with Crippen LogP contribution in [-0.2, 0) is 9.59 Å². The Morgan fingerprint density at radius 1 is 1.10 bits per heavy atom. The molecular formula is C23H23ClN2O5. The molecule has 2 aliphatic rings. The van der Waals surface area contributed by atoms with Gasteiger partial charge >= 0.3 is 0 Å². The summed E-state index contributed by atoms with van der Waals surface area (Å²) >= 11 is 6.04. The molecule has 2 heterocycles. The second-order valence-corrected chi connectivity index (χ2v) is 8.14. The Kier molecular flexibility index (Phi) is 5.89. The number of hydrogen-bond acceptors (Lipinski definition) is 6. The lowest BCUT2D eigenvalue weighted by atomic mass is 9.95. The first-order valence-electron chi connectivity index (χ1n) is 9.95. The van der Waals surface area contributed by atoms with Crippen LogP contribution in [0.4, 0.5) is 0 Å². The largest absolute Gasteiger partial charge is 0.507 e. The molecule has 1 fully saturated rings. The Morgan fingerprint density at radius 3 is 2.45 bits per heavy atom. The number of benzene rings is 2. The van der Waals surface area contributed by atoms with Gasteiger partial charge in [0, 0.05) is 23.7 Å². The molecule has 4 rings (SSSR count). The van der Waals surface area contributed by atoms with Crippen molar-refractivity contribution >= 4 is 29.1 Å². The van der Waals surface area contributed by atoms with Crippen LogP contribution >= 0.6 is 11.6 Å². The first-order valence-corrected chi connectivity index (χ1v) is 10.3. The number of halogens is 1. The molecule has 1 atom stereocenters. The number of nitrogens with zero attached hydrogens (tertiary/aromatic N) is 2. The summed E-state index contributed by atoms with van der Waals surface area (Å²) in [6.07, 6.45) is 0. The van der Waals surface area contributed by atoms with Gasteiger partial charge < -0.3 is 24.4 Å². The number of hydrogen-bond donors (Lipinski definition) is 1. The minimum absolute atomic E-state index is 0.0442. The number of ketones is 1. The van der Waals surface area contributed by atoms with E-state index < -0.39 is 17.7 Å². The molecule has 162 valence electrons. The first kappa shape index (κ1) is 21.2. The molecule has 1 saturated heterocycles. The zero-order valence-electron chi connectivity index (χ0n) is 17.3. The van der Waals surface area contributed by atoms with Crippen LogP contribution in [0, 0.1) is 0 Å². The number of carbonyl (C=O) groups excluding carboxylic acids is 2. The van der Waals surface area contributed by atoms with Crippen molar-refractivity contribution < 1.29 is 24.2 Å². The molecule has 2 aliphatic heterocycles. The molecule has 0 radical (unpaired) electrons. The third kappa shape index (κ3) is 4.11. The van der Waals surface area contributed by atoms with Crippen molar-refractivity contribution in [3.8, 4) is 11.5 Å². The number of aliphatic hydroxyl groups excluding tert-OH is 1. The molecule has 0 aromatic heterocycles. The highest BCUT2D eigenvalue weighted by molar-refractivity contribution is 6.46. The highest BCUT2D eigenvalue weighted by atomic mass is 35.5. The van der Waals surface area contributed by atoms with E-state index in [1.807, 2.05) is 19.0 Å². The second-order valence-electron chi connectivity index (χ2n) is 7.71. The fraction of sp³-hybridized carbons (Fsp3) is 0.304. The van der Waals surface area contributed by atoms with E-state index in [-0.39, 0.29) is 11.3 Å². The maximum atomic E-state index is 13.0. The van der Waals surface area contributed by atoms with E-state index in [1.165, 1.54) is 4.90 Å². The van der Waals surface area contributed by atoms with Gasteiger partial charge in [0.15, 0.2) is 11.5 Å². The molecule has 7 nitrogen and oxygen atoms in total. The summed E-state index contributed by atoms with van der Waals surface area (Å²) in [4.78, 5) is 29.3. The van der Waals surface area contributed by atoms with Crippen LogP contribution in [0.15, 0.2) is 48.0 Å². The number of likely N-dealkylation sites (N-methyl/N-ethyl adjacent to an activating group) is 1. The summed E-state index contributed by atoms with van der Waals surface area (Å²) < 4.78 is 11.1. The third-order valence-corrected chi connectivity index (χ3v) is 5.58. The van der Waals surface area contributed by atoms with Crippen LogP contribution in [0.5, 0.6) is 11.5 Å². The van der Waals surface area contributed by atoms with Crippen molar-refractivity contribution in [2.45, 2.75) is 6.04 Å². The van der Waals surface area contributed by atoms with Crippen molar-refractivity contribution in [2.75, 3.05) is 40.4 Å². The van der Waals surface area contributed by atoms with Gasteiger partial charge in [-0.3, -0.25) is 9.59 Å². The smallest absolute Gasteiger partial charge is 0.295 e. The van der Waals surface area contributed by atoms with Crippen LogP contribution in [-0.4, -0.2) is 67.0 Å². The predicted molar refractivity (Wildman–Crippen MR) is 116 cm³/mol. The molecule has 0 saturated carbocycles. The molecule has 8 heteroatoms. The van der Waals surface area contributed by atoms with E-state index in [1.54, 1.807) is 42.5 Å². The molecule has 1 amide bonds. The fourth-order valence-electron chi connectivity index (χ4n) is 3.76. The van der Waals surface area contributed by atoms with Gasteiger partial charge in [0.05, 0.1) is 11.6 Å². The van der Waals surface area contributed by atoms with Crippen molar-refractivity contribution in [2.24, 2.45) is 0 Å². The summed E-state index contributed by atoms with van der Waals surface area (Å²) in [5.74, 6) is -0.543. The molecule has 2 aromatic rings. The van der Waals surface area contributed by atoms with E-state index in [4.69, 9.17) is 21.1 Å². The van der Waals surface area contributed by atoms with Crippen molar-refractivity contribution in [3.05, 3.63) is 64.2 Å². The Morgan fingerprint density at radius 2 is 1.77 bits per heavy atom. The summed E-state index contributed by atoms with van der Waals surface area (Å²) in [5, 5.41) is 11.7. The van der Waals surface area contributed by atoms with Gasteiger partial charge in [-0.1, -0.05) is 23.7 Å². The zero-order chi connectivity index (χ0) is 22.1. The van der Waals surface area contributed by atoms with Gasteiger partial charge in [-0.15, -0.1) is 0 Å². The van der Waals surface area contributed by atoms with Crippen molar-refractivity contribution in [3.63, 3.8) is 0 Å². The van der Waals surface area contributed by atoms with E-state index in [2.05, 4.69) is 0 Å². The Hall–Kier alpha value is -3.03. The van der Waals surface area contributed by atoms with Gasteiger partial charge in [-0.05, 0) is 50.0 Å². The molecule has 0 bridgehead atoms. The topological polar surface area (TPSA) is 79.3 Å². The van der Waals surface area contributed by atoms with Gasteiger partial charge in [-0.2, -0.15) is 0 Å². The average molecular weight is 443 g/mol. The van der Waals surface area contributed by atoms with Gasteiger partial charge in [0.1, 0.15) is 19.0 Å². The van der Waals surface area contributed by atoms with E-state index in [0.717, 1.165) is 0 Å². The minimum atomic E-state index is -0.717. The normalized spacial score (nSPS) is 19.9. The minimum Gasteiger partial charge on any atom is -0.507 e. The molecule has 2 aromatic carbocycles. The number of Topliss-reactive ketones (excluding diaryl/α,β-unsaturated/α-hetero) is 1. The summed E-state index contributed by atoms with van der Waals surface area (Å²) in [7, 11) is 3.78. The summed E-state index contributed by atoms with van der Waals surface area (Å²) in [6.45, 7) is 1.76. The molecule has 0 spiro atoms. The number of fused-ring (bicyclic) bond motifs is 1. The number of aliphatic hydroxyl groups is 1. The summed E-state index contributed by atoms with van der Waals surface area (Å²) in [5.41, 5.74) is 1.12. The molecule has 1 N–H and O–H groups in total. The van der Waals surface area contributed by atoms with E-state index in [0.29, 0.717) is 54.0 Å². The Balaban J connectivity index is 1.81. The maximum Gasteiger partial charge on any atom is 0.295 e. The average Bonchev–Trinajstić information content (AvgIpc) is 3.02. The highest BCUT2D eigenvalue weighted by Crippen LogP contribution is 2.41. The predicted octanol–water partition coefficient (Wildman–Crippen LogP) is 3.09. The zero-order valence-corrected chi connectivity index (χ0v) is 18.1. The van der Waals surface area contributed by atoms with Gasteiger partial charge in [0.2, 0.25) is 0 Å². The van der Waals surface area contributed by atoms with Gasteiger partial charge in [0.25, 0.3) is 11.7 Å².